The monoisotopic (exact) mass is 394 g/mol. The van der Waals surface area contributed by atoms with Crippen molar-refractivity contribution in [1.82, 2.24) is 10.6 Å². The second-order valence-corrected chi connectivity index (χ2v) is 8.19. The van der Waals surface area contributed by atoms with Crippen molar-refractivity contribution in [3.63, 3.8) is 0 Å². The maximum absolute atomic E-state index is 11.9. The molecular formula is C15H24BrClN2OS. The molecule has 2 N–H and O–H groups in total. The van der Waals surface area contributed by atoms with Crippen LogP contribution in [0.1, 0.15) is 20.8 Å². The van der Waals surface area contributed by atoms with Crippen LogP contribution in [0.15, 0.2) is 33.6 Å². The van der Waals surface area contributed by atoms with E-state index in [1.807, 2.05) is 26.1 Å². The number of amides is 1. The van der Waals surface area contributed by atoms with Crippen molar-refractivity contribution in [2.75, 3.05) is 20.1 Å². The Kier molecular flexibility index (Phi) is 9.61. The van der Waals surface area contributed by atoms with Crippen LogP contribution in [0.3, 0.4) is 0 Å². The molecule has 0 aliphatic carbocycles. The maximum Gasteiger partial charge on any atom is 0.224 e. The van der Waals surface area contributed by atoms with E-state index < -0.39 is 0 Å². The van der Waals surface area contributed by atoms with Crippen molar-refractivity contribution in [2.24, 2.45) is 5.92 Å². The average Bonchev–Trinajstić information content (AvgIpc) is 2.39. The van der Waals surface area contributed by atoms with Crippen molar-refractivity contribution in [1.29, 1.82) is 0 Å². The summed E-state index contributed by atoms with van der Waals surface area (Å²) in [6, 6.07) is 8.24. The number of benzene rings is 1. The van der Waals surface area contributed by atoms with E-state index in [-0.39, 0.29) is 29.0 Å². The summed E-state index contributed by atoms with van der Waals surface area (Å²) in [4.78, 5) is 13.1. The summed E-state index contributed by atoms with van der Waals surface area (Å²) in [5, 5.41) is 6.05. The van der Waals surface area contributed by atoms with Crippen LogP contribution in [0.2, 0.25) is 0 Å². The molecule has 0 heterocycles. The summed E-state index contributed by atoms with van der Waals surface area (Å²) < 4.78 is 1.04. The molecule has 21 heavy (non-hydrogen) atoms. The molecular weight excluding hydrogens is 372 g/mol. The highest BCUT2D eigenvalue weighted by molar-refractivity contribution is 9.10. The molecule has 1 rings (SSSR count). The topological polar surface area (TPSA) is 41.1 Å². The van der Waals surface area contributed by atoms with E-state index in [4.69, 9.17) is 0 Å². The molecule has 1 unspecified atom stereocenters. The first-order valence-corrected chi connectivity index (χ1v) is 8.32. The Bertz CT molecular complexity index is 440. The predicted molar refractivity (Wildman–Crippen MR) is 97.4 cm³/mol. The van der Waals surface area contributed by atoms with E-state index in [2.05, 4.69) is 52.5 Å². The Hall–Kier alpha value is -0.230. The largest absolute Gasteiger partial charge is 0.354 e. The van der Waals surface area contributed by atoms with Gasteiger partial charge in [-0.2, -0.15) is 0 Å². The molecule has 1 aromatic carbocycles. The lowest BCUT2D eigenvalue weighted by Gasteiger charge is -2.25. The van der Waals surface area contributed by atoms with Gasteiger partial charge in [0.05, 0.1) is 0 Å². The van der Waals surface area contributed by atoms with Crippen LogP contribution in [0.25, 0.3) is 0 Å². The zero-order valence-electron chi connectivity index (χ0n) is 12.9. The Morgan fingerprint density at radius 2 is 1.90 bits per heavy atom. The number of hydrogen-bond acceptors (Lipinski definition) is 3. The van der Waals surface area contributed by atoms with Gasteiger partial charge in [0.15, 0.2) is 0 Å². The molecule has 6 heteroatoms. The van der Waals surface area contributed by atoms with Gasteiger partial charge >= 0.3 is 0 Å². The number of nitrogens with one attached hydrogen (secondary N) is 2. The van der Waals surface area contributed by atoms with Gasteiger partial charge in [-0.1, -0.05) is 22.9 Å². The quantitative estimate of drug-likeness (QED) is 0.691. The molecule has 0 spiro atoms. The van der Waals surface area contributed by atoms with E-state index >= 15 is 0 Å². The zero-order chi connectivity index (χ0) is 15.2. The third-order valence-electron chi connectivity index (χ3n) is 2.85. The molecule has 0 saturated carbocycles. The molecule has 0 aliphatic rings. The molecule has 0 radical (unpaired) electrons. The average molecular weight is 396 g/mol. The fourth-order valence-electron chi connectivity index (χ4n) is 1.73. The number of halogens is 2. The highest BCUT2D eigenvalue weighted by atomic mass is 79.9. The summed E-state index contributed by atoms with van der Waals surface area (Å²) in [5.41, 5.74) is 0. The highest BCUT2D eigenvalue weighted by Gasteiger charge is 2.22. The summed E-state index contributed by atoms with van der Waals surface area (Å²) in [6.07, 6.45) is 0. The van der Waals surface area contributed by atoms with Gasteiger partial charge in [0.1, 0.15) is 0 Å². The number of hydrogen-bond donors (Lipinski definition) is 2. The first kappa shape index (κ1) is 20.8. The Labute approximate surface area is 146 Å². The van der Waals surface area contributed by atoms with Gasteiger partial charge in [0.25, 0.3) is 0 Å². The molecule has 0 fully saturated rings. The molecule has 0 aromatic heterocycles. The fraction of sp³-hybridized carbons (Fsp3) is 0.533. The number of carbonyl (C=O) groups excluding carboxylic acids is 1. The lowest BCUT2D eigenvalue weighted by molar-refractivity contribution is -0.124. The molecule has 1 amide bonds. The van der Waals surface area contributed by atoms with Crippen molar-refractivity contribution < 1.29 is 4.79 Å². The van der Waals surface area contributed by atoms with Crippen LogP contribution in [0.4, 0.5) is 0 Å². The number of carbonyl (C=O) groups is 1. The lowest BCUT2D eigenvalue weighted by atomic mass is 10.1. The van der Waals surface area contributed by atoms with E-state index in [0.29, 0.717) is 13.1 Å². The van der Waals surface area contributed by atoms with E-state index in [9.17, 15) is 4.79 Å². The van der Waals surface area contributed by atoms with Gasteiger partial charge < -0.3 is 10.6 Å². The van der Waals surface area contributed by atoms with Crippen molar-refractivity contribution in [3.8, 4) is 0 Å². The van der Waals surface area contributed by atoms with Crippen LogP contribution in [0.5, 0.6) is 0 Å². The van der Waals surface area contributed by atoms with E-state index in [0.717, 1.165) is 4.47 Å². The summed E-state index contributed by atoms with van der Waals surface area (Å²) in [5.74, 6) is 0.0947. The Balaban J connectivity index is 0.00000400. The highest BCUT2D eigenvalue weighted by Crippen LogP contribution is 2.32. The van der Waals surface area contributed by atoms with Crippen LogP contribution >= 0.6 is 40.1 Å². The third-order valence-corrected chi connectivity index (χ3v) is 4.59. The molecule has 0 bridgehead atoms. The minimum atomic E-state index is -0.0388. The lowest BCUT2D eigenvalue weighted by Crippen LogP contribution is -2.40. The molecule has 1 atom stereocenters. The van der Waals surface area contributed by atoms with Crippen molar-refractivity contribution in [2.45, 2.75) is 30.4 Å². The van der Waals surface area contributed by atoms with Crippen LogP contribution in [-0.2, 0) is 4.79 Å². The number of thioether (sulfide) groups is 1. The van der Waals surface area contributed by atoms with Crippen LogP contribution < -0.4 is 10.6 Å². The molecule has 0 saturated heterocycles. The maximum atomic E-state index is 11.9. The smallest absolute Gasteiger partial charge is 0.224 e. The Morgan fingerprint density at radius 1 is 1.33 bits per heavy atom. The zero-order valence-corrected chi connectivity index (χ0v) is 16.1. The second-order valence-electron chi connectivity index (χ2n) is 5.49. The van der Waals surface area contributed by atoms with Gasteiger partial charge in [0.2, 0.25) is 5.91 Å². The molecule has 120 valence electrons. The van der Waals surface area contributed by atoms with Gasteiger partial charge in [-0.3, -0.25) is 4.79 Å². The fourth-order valence-corrected chi connectivity index (χ4v) is 3.05. The normalized spacial score (nSPS) is 12.4. The van der Waals surface area contributed by atoms with Gasteiger partial charge in [-0.05, 0) is 45.2 Å². The molecule has 1 aromatic rings. The standard InChI is InChI=1S/C15H23BrN2OS.ClH/c1-11(9-17-4)14(19)18-10-15(2,3)20-13-7-5-12(16)6-8-13;/h5-8,11,17H,9-10H2,1-4H3,(H,18,19);1H. The summed E-state index contributed by atoms with van der Waals surface area (Å²) >= 11 is 5.20. The third kappa shape index (κ3) is 8.10. The van der Waals surface area contributed by atoms with Crippen LogP contribution in [0, 0.1) is 5.92 Å². The van der Waals surface area contributed by atoms with Gasteiger partial charge in [-0.25, -0.2) is 0 Å². The predicted octanol–water partition coefficient (Wildman–Crippen LogP) is 3.71. The van der Waals surface area contributed by atoms with Crippen molar-refractivity contribution in [3.05, 3.63) is 28.7 Å². The number of rotatable bonds is 7. The van der Waals surface area contributed by atoms with E-state index in [1.54, 1.807) is 11.8 Å². The van der Waals surface area contributed by atoms with E-state index in [1.165, 1.54) is 4.90 Å². The first-order chi connectivity index (χ1) is 9.34. The summed E-state index contributed by atoms with van der Waals surface area (Å²) in [7, 11) is 1.86. The minimum Gasteiger partial charge on any atom is -0.354 e. The van der Waals surface area contributed by atoms with Crippen molar-refractivity contribution >= 4 is 46.0 Å². The molecule has 0 aliphatic heterocycles. The van der Waals surface area contributed by atoms with Gasteiger partial charge in [-0.15, -0.1) is 24.2 Å². The summed E-state index contributed by atoms with van der Waals surface area (Å²) in [6.45, 7) is 7.57. The minimum absolute atomic E-state index is 0. The van der Waals surface area contributed by atoms with Crippen LogP contribution in [-0.4, -0.2) is 30.8 Å². The first-order valence-electron chi connectivity index (χ1n) is 6.71. The second kappa shape index (κ2) is 9.72. The molecule has 3 nitrogen and oxygen atoms in total. The van der Waals surface area contributed by atoms with Gasteiger partial charge in [0, 0.05) is 33.1 Å². The SMILES string of the molecule is CNCC(C)C(=O)NCC(C)(C)Sc1ccc(Br)cc1.Cl. The Morgan fingerprint density at radius 3 is 2.43 bits per heavy atom.